The van der Waals surface area contributed by atoms with Crippen molar-refractivity contribution >= 4 is 23.3 Å². The van der Waals surface area contributed by atoms with Crippen molar-refractivity contribution in [1.29, 1.82) is 0 Å². The Morgan fingerprint density at radius 2 is 1.57 bits per heavy atom. The molecular weight excluding hydrogens is 354 g/mol. The molecule has 3 unspecified atom stereocenters. The quantitative estimate of drug-likeness (QED) is 0.710. The first-order chi connectivity index (χ1) is 13.3. The lowest BCUT2D eigenvalue weighted by Crippen LogP contribution is -2.48. The molecule has 3 rings (SSSR count). The third-order valence-electron chi connectivity index (χ3n) is 5.83. The van der Waals surface area contributed by atoms with E-state index in [1.165, 1.54) is 6.42 Å². The smallest absolute Gasteiger partial charge is 0.319 e. The Bertz CT molecular complexity index is 675. The summed E-state index contributed by atoms with van der Waals surface area (Å²) in [6, 6.07) is 7.22. The van der Waals surface area contributed by atoms with Crippen LogP contribution >= 0.6 is 0 Å². The molecule has 6 nitrogen and oxygen atoms in total. The van der Waals surface area contributed by atoms with Crippen LogP contribution in [0, 0.1) is 11.3 Å². The maximum absolute atomic E-state index is 12.5. The molecule has 1 aromatic rings. The maximum Gasteiger partial charge on any atom is 0.319 e. The number of benzene rings is 1. The minimum atomic E-state index is -0.352. The average Bonchev–Trinajstić information content (AvgIpc) is 3.18. The molecule has 6 heteroatoms. The van der Waals surface area contributed by atoms with Crippen LogP contribution in [-0.2, 0) is 9.53 Å². The summed E-state index contributed by atoms with van der Waals surface area (Å²) in [6.07, 6.45) is 5.93. The van der Waals surface area contributed by atoms with Crippen molar-refractivity contribution in [2.45, 2.75) is 71.4 Å². The third-order valence-corrected chi connectivity index (χ3v) is 5.83. The van der Waals surface area contributed by atoms with Gasteiger partial charge in [0.1, 0.15) is 6.10 Å². The molecule has 28 heavy (non-hydrogen) atoms. The summed E-state index contributed by atoms with van der Waals surface area (Å²) in [5, 5.41) is 8.94. The number of rotatable bonds is 4. The molecule has 0 aromatic heterocycles. The second-order valence-electron chi connectivity index (χ2n) is 9.03. The molecule has 1 aromatic carbocycles. The molecule has 1 saturated heterocycles. The monoisotopic (exact) mass is 387 g/mol. The van der Waals surface area contributed by atoms with Gasteiger partial charge in [-0.2, -0.15) is 0 Å². The zero-order valence-corrected chi connectivity index (χ0v) is 17.2. The summed E-state index contributed by atoms with van der Waals surface area (Å²) >= 11 is 0. The SMILES string of the molecule is CC(C)(C)C1CCCCC1NC(=O)Nc1ccc(NC(=O)C2CCCO2)cc1. The number of amides is 3. The largest absolute Gasteiger partial charge is 0.368 e. The Balaban J connectivity index is 1.51. The second-order valence-corrected chi connectivity index (χ2v) is 9.03. The van der Waals surface area contributed by atoms with Gasteiger partial charge in [-0.3, -0.25) is 4.79 Å². The zero-order valence-electron chi connectivity index (χ0n) is 17.2. The fourth-order valence-electron chi connectivity index (χ4n) is 4.32. The lowest BCUT2D eigenvalue weighted by molar-refractivity contribution is -0.124. The van der Waals surface area contributed by atoms with Crippen LogP contribution in [0.5, 0.6) is 0 Å². The number of ether oxygens (including phenoxy) is 1. The predicted octanol–water partition coefficient (Wildman–Crippen LogP) is 4.53. The van der Waals surface area contributed by atoms with Crippen molar-refractivity contribution in [1.82, 2.24) is 5.32 Å². The number of carbonyl (C=O) groups excluding carboxylic acids is 2. The maximum atomic E-state index is 12.5. The van der Waals surface area contributed by atoms with Crippen LogP contribution in [0.4, 0.5) is 16.2 Å². The van der Waals surface area contributed by atoms with Crippen LogP contribution in [0.2, 0.25) is 0 Å². The van der Waals surface area contributed by atoms with E-state index in [1.807, 2.05) is 0 Å². The number of anilines is 2. The van der Waals surface area contributed by atoms with Gasteiger partial charge >= 0.3 is 6.03 Å². The van der Waals surface area contributed by atoms with E-state index < -0.39 is 0 Å². The minimum Gasteiger partial charge on any atom is -0.368 e. The molecular formula is C22H33N3O3. The van der Waals surface area contributed by atoms with Crippen LogP contribution < -0.4 is 16.0 Å². The standard InChI is InChI=1S/C22H33N3O3/c1-22(2,3)17-7-4-5-8-18(17)25-21(27)24-16-12-10-15(11-13-16)23-20(26)19-9-6-14-28-19/h10-13,17-19H,4-9,14H2,1-3H3,(H,23,26)(H2,24,25,27). The van der Waals surface area contributed by atoms with E-state index >= 15 is 0 Å². The van der Waals surface area contributed by atoms with Gasteiger partial charge in [-0.05, 0) is 61.3 Å². The normalized spacial score (nSPS) is 25.2. The van der Waals surface area contributed by atoms with Crippen molar-refractivity contribution < 1.29 is 14.3 Å². The fraction of sp³-hybridized carbons (Fsp3) is 0.636. The van der Waals surface area contributed by atoms with Gasteiger partial charge in [0.2, 0.25) is 0 Å². The van der Waals surface area contributed by atoms with E-state index in [4.69, 9.17) is 4.74 Å². The zero-order chi connectivity index (χ0) is 20.1. The molecule has 0 bridgehead atoms. The Morgan fingerprint density at radius 3 is 2.18 bits per heavy atom. The molecule has 1 aliphatic heterocycles. The molecule has 154 valence electrons. The molecule has 2 fully saturated rings. The number of hydrogen-bond donors (Lipinski definition) is 3. The van der Waals surface area contributed by atoms with Crippen molar-refractivity contribution in [2.24, 2.45) is 11.3 Å². The van der Waals surface area contributed by atoms with Gasteiger partial charge in [0.05, 0.1) is 0 Å². The van der Waals surface area contributed by atoms with Gasteiger partial charge in [-0.1, -0.05) is 33.6 Å². The summed E-state index contributed by atoms with van der Waals surface area (Å²) in [6.45, 7) is 7.39. The molecule has 0 radical (unpaired) electrons. The minimum absolute atomic E-state index is 0.110. The first kappa shape index (κ1) is 20.6. The van der Waals surface area contributed by atoms with E-state index in [0.29, 0.717) is 23.9 Å². The molecule has 1 heterocycles. The Morgan fingerprint density at radius 1 is 0.929 bits per heavy atom. The topological polar surface area (TPSA) is 79.5 Å². The highest BCUT2D eigenvalue weighted by Crippen LogP contribution is 2.38. The van der Waals surface area contributed by atoms with E-state index in [1.54, 1.807) is 24.3 Å². The lowest BCUT2D eigenvalue weighted by Gasteiger charge is -2.40. The number of nitrogens with one attached hydrogen (secondary N) is 3. The van der Waals surface area contributed by atoms with E-state index in [0.717, 1.165) is 32.1 Å². The van der Waals surface area contributed by atoms with Gasteiger partial charge in [0, 0.05) is 24.0 Å². The van der Waals surface area contributed by atoms with Crippen LogP contribution in [0.15, 0.2) is 24.3 Å². The number of carbonyl (C=O) groups is 2. The lowest BCUT2D eigenvalue weighted by atomic mass is 9.69. The molecule has 0 spiro atoms. The van der Waals surface area contributed by atoms with Crippen LogP contribution in [-0.4, -0.2) is 30.7 Å². The highest BCUT2D eigenvalue weighted by molar-refractivity contribution is 5.95. The van der Waals surface area contributed by atoms with Crippen molar-refractivity contribution in [2.75, 3.05) is 17.2 Å². The number of urea groups is 1. The van der Waals surface area contributed by atoms with Gasteiger partial charge in [0.15, 0.2) is 0 Å². The predicted molar refractivity (Wildman–Crippen MR) is 111 cm³/mol. The summed E-state index contributed by atoms with van der Waals surface area (Å²) in [5.74, 6) is 0.379. The van der Waals surface area contributed by atoms with Crippen molar-refractivity contribution in [3.8, 4) is 0 Å². The van der Waals surface area contributed by atoms with Gasteiger partial charge < -0.3 is 20.7 Å². The summed E-state index contributed by atoms with van der Waals surface area (Å²) < 4.78 is 5.39. The van der Waals surface area contributed by atoms with Crippen LogP contribution in [0.25, 0.3) is 0 Å². The Hall–Kier alpha value is -2.08. The first-order valence-electron chi connectivity index (χ1n) is 10.4. The van der Waals surface area contributed by atoms with E-state index in [-0.39, 0.29) is 29.5 Å². The highest BCUT2D eigenvalue weighted by atomic mass is 16.5. The highest BCUT2D eigenvalue weighted by Gasteiger charge is 2.34. The summed E-state index contributed by atoms with van der Waals surface area (Å²) in [5.41, 5.74) is 1.59. The van der Waals surface area contributed by atoms with E-state index in [2.05, 4.69) is 36.7 Å². The van der Waals surface area contributed by atoms with Crippen LogP contribution in [0.3, 0.4) is 0 Å². The second kappa shape index (κ2) is 8.95. The molecule has 3 amide bonds. The molecule has 1 saturated carbocycles. The molecule has 1 aliphatic carbocycles. The Labute approximate surface area is 167 Å². The Kier molecular flexibility index (Phi) is 6.60. The van der Waals surface area contributed by atoms with Crippen molar-refractivity contribution in [3.63, 3.8) is 0 Å². The third kappa shape index (κ3) is 5.47. The first-order valence-corrected chi connectivity index (χ1v) is 10.4. The van der Waals surface area contributed by atoms with Crippen molar-refractivity contribution in [3.05, 3.63) is 24.3 Å². The molecule has 3 N–H and O–H groups in total. The molecule has 2 aliphatic rings. The van der Waals surface area contributed by atoms with Gasteiger partial charge in [-0.25, -0.2) is 4.79 Å². The average molecular weight is 388 g/mol. The summed E-state index contributed by atoms with van der Waals surface area (Å²) in [7, 11) is 0. The number of hydrogen-bond acceptors (Lipinski definition) is 3. The van der Waals surface area contributed by atoms with Gasteiger partial charge in [0.25, 0.3) is 5.91 Å². The fourth-order valence-corrected chi connectivity index (χ4v) is 4.32. The summed E-state index contributed by atoms with van der Waals surface area (Å²) in [4.78, 5) is 24.6. The van der Waals surface area contributed by atoms with E-state index in [9.17, 15) is 9.59 Å². The van der Waals surface area contributed by atoms with Crippen LogP contribution in [0.1, 0.15) is 59.3 Å². The molecule has 3 atom stereocenters. The van der Waals surface area contributed by atoms with Gasteiger partial charge in [-0.15, -0.1) is 0 Å².